The van der Waals surface area contributed by atoms with Crippen molar-refractivity contribution in [2.75, 3.05) is 19.7 Å². The fraction of sp³-hybridized carbons (Fsp3) is 0.318. The molecule has 1 aliphatic heterocycles. The molecule has 1 fully saturated rings. The van der Waals surface area contributed by atoms with Crippen LogP contribution in [-0.2, 0) is 16.0 Å². The lowest BCUT2D eigenvalue weighted by molar-refractivity contribution is -0.132. The Bertz CT molecular complexity index is 1080. The lowest BCUT2D eigenvalue weighted by Crippen LogP contribution is -2.46. The fourth-order valence-corrected chi connectivity index (χ4v) is 3.48. The van der Waals surface area contributed by atoms with E-state index in [-0.39, 0.29) is 12.3 Å². The minimum atomic E-state index is -0.841. The van der Waals surface area contributed by atoms with Gasteiger partial charge in [0.15, 0.2) is 0 Å². The summed E-state index contributed by atoms with van der Waals surface area (Å²) in [6.45, 7) is 1.67. The van der Waals surface area contributed by atoms with E-state index in [0.717, 1.165) is 29.7 Å². The van der Waals surface area contributed by atoms with E-state index in [2.05, 4.69) is 15.6 Å². The third-order valence-corrected chi connectivity index (χ3v) is 5.11. The first-order valence-electron chi connectivity index (χ1n) is 9.88. The Morgan fingerprint density at radius 3 is 3.10 bits per heavy atom. The van der Waals surface area contributed by atoms with Gasteiger partial charge >= 0.3 is 0 Å². The fourth-order valence-electron chi connectivity index (χ4n) is 3.48. The van der Waals surface area contributed by atoms with Gasteiger partial charge in [-0.15, -0.1) is 0 Å². The second-order valence-electron chi connectivity index (χ2n) is 7.23. The zero-order valence-electron chi connectivity index (χ0n) is 16.3. The van der Waals surface area contributed by atoms with Crippen LogP contribution >= 0.6 is 0 Å². The Morgan fingerprint density at radius 2 is 2.27 bits per heavy atom. The number of fused-ring (bicyclic) bond motifs is 1. The monoisotopic (exact) mass is 407 g/mol. The first-order chi connectivity index (χ1) is 14.6. The van der Waals surface area contributed by atoms with Gasteiger partial charge in [-0.05, 0) is 47.9 Å². The van der Waals surface area contributed by atoms with Crippen molar-refractivity contribution in [2.24, 2.45) is 0 Å². The summed E-state index contributed by atoms with van der Waals surface area (Å²) in [7, 11) is 0. The predicted molar refractivity (Wildman–Crippen MR) is 109 cm³/mol. The molecule has 2 atom stereocenters. The highest BCUT2D eigenvalue weighted by Gasteiger charge is 2.24. The molecule has 1 aromatic carbocycles. The van der Waals surface area contributed by atoms with Crippen LogP contribution in [-0.4, -0.2) is 47.1 Å². The minimum absolute atomic E-state index is 0.0784. The molecule has 4 rings (SSSR count). The molecule has 1 amide bonds. The number of carbonyl (C=O) groups excluding carboxylic acids is 1. The summed E-state index contributed by atoms with van der Waals surface area (Å²) in [6, 6.07) is 9.87. The zero-order chi connectivity index (χ0) is 20.9. The summed E-state index contributed by atoms with van der Waals surface area (Å²) in [5.74, 6) is -0.776. The first kappa shape index (κ1) is 20.0. The molecule has 1 saturated heterocycles. The quantitative estimate of drug-likeness (QED) is 0.676. The van der Waals surface area contributed by atoms with Gasteiger partial charge in [0.25, 0.3) is 5.91 Å². The van der Waals surface area contributed by atoms with Crippen molar-refractivity contribution in [1.82, 2.24) is 20.0 Å². The average molecular weight is 407 g/mol. The van der Waals surface area contributed by atoms with Crippen molar-refractivity contribution in [1.29, 1.82) is 5.26 Å². The van der Waals surface area contributed by atoms with E-state index >= 15 is 0 Å². The van der Waals surface area contributed by atoms with Gasteiger partial charge in [0, 0.05) is 38.2 Å². The maximum Gasteiger partial charge on any atom is 0.251 e. The van der Waals surface area contributed by atoms with Crippen LogP contribution in [0.1, 0.15) is 12.0 Å². The molecule has 0 bridgehead atoms. The molecule has 8 heteroatoms. The van der Waals surface area contributed by atoms with Crippen LogP contribution in [0.5, 0.6) is 0 Å². The molecule has 154 valence electrons. The Hall–Kier alpha value is -3.28. The van der Waals surface area contributed by atoms with Gasteiger partial charge < -0.3 is 19.8 Å². The van der Waals surface area contributed by atoms with Crippen LogP contribution in [0.3, 0.4) is 0 Å². The van der Waals surface area contributed by atoms with E-state index in [9.17, 15) is 14.4 Å². The number of nitrogens with zero attached hydrogens (tertiary/aromatic N) is 3. The number of ether oxygens (including phenoxy) is 1. The van der Waals surface area contributed by atoms with Crippen molar-refractivity contribution >= 4 is 11.6 Å². The Kier molecular flexibility index (Phi) is 6.02. The van der Waals surface area contributed by atoms with E-state index < -0.39 is 18.0 Å². The zero-order valence-corrected chi connectivity index (χ0v) is 16.3. The molecule has 3 heterocycles. The maximum absolute atomic E-state index is 14.8. The molecule has 0 spiro atoms. The molecule has 7 nitrogen and oxygen atoms in total. The number of aromatic nitrogens is 2. The highest BCUT2D eigenvalue weighted by atomic mass is 19.1. The van der Waals surface area contributed by atoms with Gasteiger partial charge in [-0.2, -0.15) is 5.26 Å². The smallest absolute Gasteiger partial charge is 0.251 e. The molecule has 0 unspecified atom stereocenters. The summed E-state index contributed by atoms with van der Waals surface area (Å²) < 4.78 is 22.1. The van der Waals surface area contributed by atoms with Gasteiger partial charge in [0.2, 0.25) is 0 Å². The molecule has 2 N–H and O–H groups in total. The predicted octanol–water partition coefficient (Wildman–Crippen LogP) is 2.07. The summed E-state index contributed by atoms with van der Waals surface area (Å²) in [4.78, 5) is 16.6. The second kappa shape index (κ2) is 9.03. The largest absolute Gasteiger partial charge is 0.367 e. The number of pyridine rings is 1. The molecule has 0 radical (unpaired) electrons. The van der Waals surface area contributed by atoms with Crippen molar-refractivity contribution < 1.29 is 13.9 Å². The van der Waals surface area contributed by atoms with Gasteiger partial charge in [-0.3, -0.25) is 4.79 Å². The normalized spacial score (nSPS) is 17.8. The first-order valence-corrected chi connectivity index (χ1v) is 9.88. The lowest BCUT2D eigenvalue weighted by atomic mass is 10.0. The summed E-state index contributed by atoms with van der Waals surface area (Å²) in [5, 5.41) is 15.2. The SMILES string of the molecule is N#C[C@H](Cc1ccc(-c2ccc3nccn3c2)cc1F)NC(=O)[C@@H]1CNCCCO1. The number of imidazole rings is 1. The van der Waals surface area contributed by atoms with Crippen molar-refractivity contribution in [3.05, 3.63) is 60.3 Å². The Labute approximate surface area is 173 Å². The number of nitrogens with one attached hydrogen (secondary N) is 2. The number of halogens is 1. The standard InChI is InChI=1S/C22H22FN5O2/c23-19-11-15(17-4-5-21-26-7-8-28(21)14-17)2-3-16(19)10-18(12-24)27-22(29)20-13-25-6-1-9-30-20/h2-5,7-8,11,14,18,20,25H,1,6,9-10,13H2,(H,27,29)/t18-,20-/m0/s1. The molecular weight excluding hydrogens is 385 g/mol. The van der Waals surface area contributed by atoms with E-state index in [1.54, 1.807) is 12.3 Å². The van der Waals surface area contributed by atoms with Crippen LogP contribution in [0, 0.1) is 17.1 Å². The number of rotatable bonds is 5. The van der Waals surface area contributed by atoms with E-state index in [0.29, 0.717) is 18.7 Å². The summed E-state index contributed by atoms with van der Waals surface area (Å²) >= 11 is 0. The minimum Gasteiger partial charge on any atom is -0.367 e. The van der Waals surface area contributed by atoms with Crippen molar-refractivity contribution in [3.63, 3.8) is 0 Å². The Balaban J connectivity index is 1.45. The highest BCUT2D eigenvalue weighted by molar-refractivity contribution is 5.81. The number of carbonyl (C=O) groups is 1. The highest BCUT2D eigenvalue weighted by Crippen LogP contribution is 2.23. The van der Waals surface area contributed by atoms with Crippen LogP contribution in [0.15, 0.2) is 48.9 Å². The van der Waals surface area contributed by atoms with Crippen LogP contribution in [0.25, 0.3) is 16.8 Å². The van der Waals surface area contributed by atoms with Crippen LogP contribution in [0.2, 0.25) is 0 Å². The summed E-state index contributed by atoms with van der Waals surface area (Å²) in [6.07, 6.45) is 5.68. The maximum atomic E-state index is 14.8. The molecule has 2 aromatic heterocycles. The van der Waals surface area contributed by atoms with Gasteiger partial charge in [0.1, 0.15) is 23.6 Å². The third kappa shape index (κ3) is 4.48. The molecule has 1 aliphatic rings. The van der Waals surface area contributed by atoms with Crippen molar-refractivity contribution in [2.45, 2.75) is 25.0 Å². The molecule has 0 aliphatic carbocycles. The van der Waals surface area contributed by atoms with Crippen LogP contribution in [0.4, 0.5) is 4.39 Å². The van der Waals surface area contributed by atoms with Crippen LogP contribution < -0.4 is 10.6 Å². The average Bonchev–Trinajstić information content (AvgIpc) is 3.05. The third-order valence-electron chi connectivity index (χ3n) is 5.11. The molecular formula is C22H22FN5O2. The molecule has 3 aromatic rings. The second-order valence-corrected chi connectivity index (χ2v) is 7.23. The lowest BCUT2D eigenvalue weighted by Gasteiger charge is -2.18. The Morgan fingerprint density at radius 1 is 1.40 bits per heavy atom. The number of nitriles is 1. The van der Waals surface area contributed by atoms with Gasteiger partial charge in [-0.25, -0.2) is 9.37 Å². The van der Waals surface area contributed by atoms with Gasteiger partial charge in [-0.1, -0.05) is 12.1 Å². The molecule has 0 saturated carbocycles. The molecule has 30 heavy (non-hydrogen) atoms. The number of benzene rings is 1. The van der Waals surface area contributed by atoms with E-state index in [4.69, 9.17) is 4.74 Å². The van der Waals surface area contributed by atoms with E-state index in [1.807, 2.05) is 41.1 Å². The number of hydrogen-bond donors (Lipinski definition) is 2. The summed E-state index contributed by atoms with van der Waals surface area (Å²) in [5.41, 5.74) is 2.77. The van der Waals surface area contributed by atoms with Gasteiger partial charge in [0.05, 0.1) is 6.07 Å². The number of hydrogen-bond acceptors (Lipinski definition) is 5. The van der Waals surface area contributed by atoms with E-state index in [1.165, 1.54) is 6.07 Å². The topological polar surface area (TPSA) is 91.5 Å². The number of amides is 1. The van der Waals surface area contributed by atoms with Crippen molar-refractivity contribution in [3.8, 4) is 17.2 Å².